The van der Waals surface area contributed by atoms with E-state index < -0.39 is 12.3 Å². The number of hydrogen-bond donors (Lipinski definition) is 2. The van der Waals surface area contributed by atoms with Crippen molar-refractivity contribution in [2.24, 2.45) is 0 Å². The van der Waals surface area contributed by atoms with E-state index in [0.717, 1.165) is 11.1 Å². The third kappa shape index (κ3) is 3.43. The first kappa shape index (κ1) is 18.6. The molecule has 2 N–H and O–H groups in total. The highest BCUT2D eigenvalue weighted by atomic mass is 16.3. The molecule has 2 aromatic heterocycles. The Morgan fingerprint density at radius 1 is 1.07 bits per heavy atom. The molecule has 29 heavy (non-hydrogen) atoms. The zero-order valence-electron chi connectivity index (χ0n) is 16.0. The average molecular weight is 392 g/mol. The zero-order chi connectivity index (χ0) is 20.5. The summed E-state index contributed by atoms with van der Waals surface area (Å²) in [6.45, 7) is -0.0715. The zero-order valence-corrected chi connectivity index (χ0v) is 16.0. The number of nitrogens with zero attached hydrogens (tertiary/aromatic N) is 5. The molecule has 0 aliphatic carbocycles. The summed E-state index contributed by atoms with van der Waals surface area (Å²) >= 11 is 0. The van der Waals surface area contributed by atoms with E-state index in [-0.39, 0.29) is 18.1 Å². The Morgan fingerprint density at radius 3 is 2.41 bits per heavy atom. The maximum atomic E-state index is 12.5. The number of carbonyl (C=O) groups excluding carboxylic acids is 2. The summed E-state index contributed by atoms with van der Waals surface area (Å²) in [5.41, 5.74) is 2.97. The van der Waals surface area contributed by atoms with Crippen LogP contribution in [0, 0.1) is 0 Å². The Labute approximate surface area is 167 Å². The largest absolute Gasteiger partial charge is 0.356 e. The minimum atomic E-state index is -1.09. The molecule has 4 rings (SSSR count). The maximum Gasteiger partial charge on any atom is 0.277 e. The van der Waals surface area contributed by atoms with E-state index >= 15 is 0 Å². The van der Waals surface area contributed by atoms with Crippen LogP contribution in [0.3, 0.4) is 0 Å². The normalized spacial score (nSPS) is 16.0. The molecule has 9 heteroatoms. The molecule has 0 bridgehead atoms. The van der Waals surface area contributed by atoms with Crippen molar-refractivity contribution in [2.45, 2.75) is 12.9 Å². The molecule has 9 nitrogen and oxygen atoms in total. The number of aliphatic hydroxyl groups excluding tert-OH is 1. The number of aromatic nitrogens is 3. The van der Waals surface area contributed by atoms with Crippen LogP contribution in [0.1, 0.15) is 10.5 Å². The summed E-state index contributed by atoms with van der Waals surface area (Å²) in [4.78, 5) is 35.9. The van der Waals surface area contributed by atoms with Gasteiger partial charge in [-0.15, -0.1) is 0 Å². The first-order valence-corrected chi connectivity index (χ1v) is 8.99. The van der Waals surface area contributed by atoms with Gasteiger partial charge in [-0.05, 0) is 35.4 Å². The molecular weight excluding hydrogens is 372 g/mol. The van der Waals surface area contributed by atoms with Crippen molar-refractivity contribution in [3.05, 3.63) is 60.8 Å². The third-order valence-corrected chi connectivity index (χ3v) is 4.86. The number of rotatable bonds is 4. The van der Waals surface area contributed by atoms with Crippen LogP contribution >= 0.6 is 0 Å². The van der Waals surface area contributed by atoms with Gasteiger partial charge < -0.3 is 19.9 Å². The molecule has 1 aliphatic heterocycles. The SMILES string of the molecule is CN1C(=O)c2c(ncn2CC(=O)Nc2ccc(-c3ccncc3)cc2)N(C)C1O. The van der Waals surface area contributed by atoms with Crippen LogP contribution in [0.2, 0.25) is 0 Å². The number of nitrogens with one attached hydrogen (secondary N) is 1. The van der Waals surface area contributed by atoms with Gasteiger partial charge in [0.1, 0.15) is 6.54 Å². The number of amides is 2. The van der Waals surface area contributed by atoms with E-state index in [1.54, 1.807) is 19.4 Å². The molecule has 3 heterocycles. The lowest BCUT2D eigenvalue weighted by atomic mass is 10.1. The van der Waals surface area contributed by atoms with Gasteiger partial charge in [-0.1, -0.05) is 12.1 Å². The second-order valence-corrected chi connectivity index (χ2v) is 6.78. The molecule has 0 radical (unpaired) electrons. The Bertz CT molecular complexity index is 1050. The van der Waals surface area contributed by atoms with Crippen LogP contribution < -0.4 is 10.2 Å². The fourth-order valence-electron chi connectivity index (χ4n) is 3.25. The highest BCUT2D eigenvalue weighted by molar-refractivity contribution is 6.00. The molecule has 2 amide bonds. The van der Waals surface area contributed by atoms with E-state index in [4.69, 9.17) is 0 Å². The number of benzene rings is 1. The van der Waals surface area contributed by atoms with Gasteiger partial charge in [-0.3, -0.25) is 19.5 Å². The quantitative estimate of drug-likeness (QED) is 0.695. The lowest BCUT2D eigenvalue weighted by Gasteiger charge is -2.36. The van der Waals surface area contributed by atoms with Gasteiger partial charge in [0.2, 0.25) is 12.3 Å². The predicted molar refractivity (Wildman–Crippen MR) is 107 cm³/mol. The molecule has 1 aliphatic rings. The second kappa shape index (κ2) is 7.36. The standard InChI is InChI=1S/C20H20N6O3/c1-24-18-17(19(28)25(2)20(24)29)26(12-22-18)11-16(27)23-15-5-3-13(4-6-15)14-7-9-21-10-8-14/h3-10,12,20,29H,11H2,1-2H3,(H,23,27). The number of imidazole rings is 1. The Kier molecular flexibility index (Phi) is 4.73. The van der Waals surface area contributed by atoms with Crippen molar-refractivity contribution in [3.63, 3.8) is 0 Å². The van der Waals surface area contributed by atoms with Gasteiger partial charge in [-0.25, -0.2) is 4.98 Å². The van der Waals surface area contributed by atoms with Crippen LogP contribution in [0.4, 0.5) is 11.5 Å². The van der Waals surface area contributed by atoms with Crippen molar-refractivity contribution in [3.8, 4) is 11.1 Å². The summed E-state index contributed by atoms with van der Waals surface area (Å²) in [6.07, 6.45) is 3.79. The molecule has 3 aromatic rings. The lowest BCUT2D eigenvalue weighted by molar-refractivity contribution is -0.116. The number of aliphatic hydroxyl groups is 1. The lowest BCUT2D eigenvalue weighted by Crippen LogP contribution is -2.52. The van der Waals surface area contributed by atoms with E-state index in [0.29, 0.717) is 11.5 Å². The monoisotopic (exact) mass is 392 g/mol. The topological polar surface area (TPSA) is 104 Å². The molecule has 0 saturated heterocycles. The van der Waals surface area contributed by atoms with E-state index in [1.165, 1.54) is 27.7 Å². The molecular formula is C20H20N6O3. The van der Waals surface area contributed by atoms with E-state index in [9.17, 15) is 14.7 Å². The van der Waals surface area contributed by atoms with Gasteiger partial charge >= 0.3 is 0 Å². The maximum absolute atomic E-state index is 12.5. The van der Waals surface area contributed by atoms with Gasteiger partial charge in [0.05, 0.1) is 6.33 Å². The summed E-state index contributed by atoms with van der Waals surface area (Å²) in [7, 11) is 3.13. The fourth-order valence-corrected chi connectivity index (χ4v) is 3.25. The minimum Gasteiger partial charge on any atom is -0.356 e. The fraction of sp³-hybridized carbons (Fsp3) is 0.200. The number of hydrogen-bond acceptors (Lipinski definition) is 6. The second-order valence-electron chi connectivity index (χ2n) is 6.78. The highest BCUT2D eigenvalue weighted by Gasteiger charge is 2.36. The molecule has 148 valence electrons. The van der Waals surface area contributed by atoms with Crippen molar-refractivity contribution < 1.29 is 14.7 Å². The number of carbonyl (C=O) groups is 2. The number of fused-ring (bicyclic) bond motifs is 1. The summed E-state index contributed by atoms with van der Waals surface area (Å²) < 4.78 is 1.48. The minimum absolute atomic E-state index is 0.0715. The molecule has 1 unspecified atom stereocenters. The molecule has 1 atom stereocenters. The number of pyridine rings is 1. The summed E-state index contributed by atoms with van der Waals surface area (Å²) in [5, 5.41) is 12.9. The van der Waals surface area contributed by atoms with Gasteiger partial charge in [0.25, 0.3) is 5.91 Å². The van der Waals surface area contributed by atoms with Crippen molar-refractivity contribution in [1.29, 1.82) is 0 Å². The van der Waals surface area contributed by atoms with Crippen molar-refractivity contribution in [1.82, 2.24) is 19.4 Å². The Morgan fingerprint density at radius 2 is 1.72 bits per heavy atom. The first-order valence-electron chi connectivity index (χ1n) is 8.99. The van der Waals surface area contributed by atoms with Gasteiger partial charge in [-0.2, -0.15) is 0 Å². The van der Waals surface area contributed by atoms with Crippen LogP contribution in [-0.2, 0) is 11.3 Å². The van der Waals surface area contributed by atoms with Crippen LogP contribution in [0.25, 0.3) is 11.1 Å². The Hall–Kier alpha value is -3.72. The van der Waals surface area contributed by atoms with E-state index in [2.05, 4.69) is 15.3 Å². The average Bonchev–Trinajstić information content (AvgIpc) is 3.15. The molecule has 0 spiro atoms. The molecule has 0 fully saturated rings. The third-order valence-electron chi connectivity index (χ3n) is 4.86. The predicted octanol–water partition coefficient (Wildman–Crippen LogP) is 1.38. The first-order chi connectivity index (χ1) is 14.0. The van der Waals surface area contributed by atoms with Crippen LogP contribution in [0.5, 0.6) is 0 Å². The molecule has 1 aromatic carbocycles. The Balaban J connectivity index is 1.47. The van der Waals surface area contributed by atoms with Crippen molar-refractivity contribution in [2.75, 3.05) is 24.3 Å². The van der Waals surface area contributed by atoms with Crippen LogP contribution in [0.15, 0.2) is 55.1 Å². The van der Waals surface area contributed by atoms with Crippen molar-refractivity contribution >= 4 is 23.3 Å². The van der Waals surface area contributed by atoms with Crippen LogP contribution in [-0.4, -0.2) is 56.8 Å². The smallest absolute Gasteiger partial charge is 0.277 e. The summed E-state index contributed by atoms with van der Waals surface area (Å²) in [5.74, 6) is -0.334. The van der Waals surface area contributed by atoms with Gasteiger partial charge in [0, 0.05) is 32.2 Å². The van der Waals surface area contributed by atoms with Gasteiger partial charge in [0.15, 0.2) is 11.5 Å². The van der Waals surface area contributed by atoms with E-state index in [1.807, 2.05) is 36.4 Å². The molecule has 0 saturated carbocycles. The highest BCUT2D eigenvalue weighted by Crippen LogP contribution is 2.27. The number of anilines is 2. The summed E-state index contributed by atoms with van der Waals surface area (Å²) in [6, 6.07) is 11.3.